The Kier molecular flexibility index (Phi) is 5.36. The lowest BCUT2D eigenvalue weighted by Gasteiger charge is -2.27. The summed E-state index contributed by atoms with van der Waals surface area (Å²) in [6, 6.07) is 0. The molecule has 0 bridgehead atoms. The lowest BCUT2D eigenvalue weighted by atomic mass is 9.99. The maximum Gasteiger partial charge on any atom is 0.323 e. The maximum atomic E-state index is 10.9. The van der Waals surface area contributed by atoms with Crippen LogP contribution in [0.5, 0.6) is 0 Å². The largest absolute Gasteiger partial charge is 0.480 e. The van der Waals surface area contributed by atoms with Crippen LogP contribution in [0.15, 0.2) is 0 Å². The van der Waals surface area contributed by atoms with Crippen LogP contribution in [0.25, 0.3) is 0 Å². The molecule has 1 saturated heterocycles. The van der Waals surface area contributed by atoms with Gasteiger partial charge in [0.15, 0.2) is 0 Å². The standard InChI is InChI=1S/C12H24N2O3/c1-3-14(9-10-5-4-8-17-10)7-6-12(2,13)11(15)16/h10H,3-9,13H2,1-2H3,(H,15,16). The van der Waals surface area contributed by atoms with E-state index in [2.05, 4.69) is 11.8 Å². The molecule has 100 valence electrons. The van der Waals surface area contributed by atoms with Gasteiger partial charge in [0, 0.05) is 19.7 Å². The first kappa shape index (κ1) is 14.4. The number of carboxylic acid groups (broad SMARTS) is 1. The van der Waals surface area contributed by atoms with Crippen molar-refractivity contribution < 1.29 is 14.6 Å². The molecule has 0 spiro atoms. The Morgan fingerprint density at radius 1 is 1.65 bits per heavy atom. The molecule has 1 aliphatic heterocycles. The van der Waals surface area contributed by atoms with Gasteiger partial charge in [-0.15, -0.1) is 0 Å². The number of aliphatic carboxylic acids is 1. The molecule has 0 amide bonds. The lowest BCUT2D eigenvalue weighted by molar-refractivity contribution is -0.143. The van der Waals surface area contributed by atoms with Crippen molar-refractivity contribution in [3.63, 3.8) is 0 Å². The first-order valence-electron chi connectivity index (χ1n) is 6.32. The highest BCUT2D eigenvalue weighted by Gasteiger charge is 2.28. The fraction of sp³-hybridized carbons (Fsp3) is 0.917. The Morgan fingerprint density at radius 3 is 2.82 bits per heavy atom. The predicted octanol–water partition coefficient (Wildman–Crippen LogP) is 0.679. The number of hydrogen-bond donors (Lipinski definition) is 2. The van der Waals surface area contributed by atoms with Crippen LogP contribution < -0.4 is 5.73 Å². The quantitative estimate of drug-likeness (QED) is 0.688. The Hall–Kier alpha value is -0.650. The number of rotatable bonds is 7. The number of likely N-dealkylation sites (N-methyl/N-ethyl adjacent to an activating group) is 1. The van der Waals surface area contributed by atoms with Crippen LogP contribution in [-0.2, 0) is 9.53 Å². The molecule has 2 atom stereocenters. The zero-order valence-electron chi connectivity index (χ0n) is 10.8. The first-order chi connectivity index (χ1) is 7.95. The van der Waals surface area contributed by atoms with Gasteiger partial charge in [0.1, 0.15) is 5.54 Å². The van der Waals surface area contributed by atoms with Crippen LogP contribution in [0.2, 0.25) is 0 Å². The van der Waals surface area contributed by atoms with Gasteiger partial charge in [-0.2, -0.15) is 0 Å². The molecule has 1 rings (SSSR count). The average molecular weight is 244 g/mol. The summed E-state index contributed by atoms with van der Waals surface area (Å²) in [7, 11) is 0. The van der Waals surface area contributed by atoms with Gasteiger partial charge < -0.3 is 20.5 Å². The predicted molar refractivity (Wildman–Crippen MR) is 65.9 cm³/mol. The van der Waals surface area contributed by atoms with Crippen molar-refractivity contribution in [1.29, 1.82) is 0 Å². The monoisotopic (exact) mass is 244 g/mol. The molecule has 1 heterocycles. The van der Waals surface area contributed by atoms with Gasteiger partial charge in [0.25, 0.3) is 0 Å². The zero-order valence-corrected chi connectivity index (χ0v) is 10.8. The molecule has 1 fully saturated rings. The molecule has 0 aromatic heterocycles. The summed E-state index contributed by atoms with van der Waals surface area (Å²) >= 11 is 0. The molecular weight excluding hydrogens is 220 g/mol. The minimum absolute atomic E-state index is 0.309. The summed E-state index contributed by atoms with van der Waals surface area (Å²) in [5.41, 5.74) is 4.58. The van der Waals surface area contributed by atoms with Gasteiger partial charge >= 0.3 is 5.97 Å². The number of nitrogens with zero attached hydrogens (tertiary/aromatic N) is 1. The van der Waals surface area contributed by atoms with Crippen LogP contribution in [0.4, 0.5) is 0 Å². The highest BCUT2D eigenvalue weighted by molar-refractivity contribution is 5.77. The first-order valence-corrected chi connectivity index (χ1v) is 6.32. The summed E-state index contributed by atoms with van der Waals surface area (Å²) in [6.07, 6.45) is 3.01. The number of hydrogen-bond acceptors (Lipinski definition) is 4. The molecule has 1 aliphatic rings. The summed E-state index contributed by atoms with van der Waals surface area (Å²) in [6.45, 7) is 6.97. The summed E-state index contributed by atoms with van der Waals surface area (Å²) in [4.78, 5) is 13.1. The summed E-state index contributed by atoms with van der Waals surface area (Å²) < 4.78 is 5.58. The third kappa shape index (κ3) is 4.61. The van der Waals surface area contributed by atoms with Gasteiger partial charge in [-0.3, -0.25) is 4.79 Å². The molecule has 0 saturated carbocycles. The molecule has 17 heavy (non-hydrogen) atoms. The van der Waals surface area contributed by atoms with Gasteiger partial charge in [-0.25, -0.2) is 0 Å². The Balaban J connectivity index is 2.33. The fourth-order valence-corrected chi connectivity index (χ4v) is 1.95. The zero-order chi connectivity index (χ0) is 12.9. The Morgan fingerprint density at radius 2 is 2.35 bits per heavy atom. The number of ether oxygens (including phenoxy) is 1. The van der Waals surface area contributed by atoms with Crippen molar-refractivity contribution in [3.05, 3.63) is 0 Å². The molecule has 0 radical (unpaired) electrons. The highest BCUT2D eigenvalue weighted by Crippen LogP contribution is 2.14. The van der Waals surface area contributed by atoms with Crippen molar-refractivity contribution in [2.24, 2.45) is 5.73 Å². The third-order valence-electron chi connectivity index (χ3n) is 3.37. The van der Waals surface area contributed by atoms with Gasteiger partial charge in [-0.05, 0) is 32.7 Å². The minimum atomic E-state index is -1.13. The van der Waals surface area contributed by atoms with E-state index in [4.69, 9.17) is 15.6 Å². The van der Waals surface area contributed by atoms with Crippen LogP contribution in [0.1, 0.15) is 33.1 Å². The van der Waals surface area contributed by atoms with E-state index in [1.165, 1.54) is 0 Å². The Bertz CT molecular complexity index is 250. The maximum absolute atomic E-state index is 10.9. The molecule has 0 aromatic carbocycles. The van der Waals surface area contributed by atoms with E-state index in [1.807, 2.05) is 0 Å². The fourth-order valence-electron chi connectivity index (χ4n) is 1.95. The second-order valence-electron chi connectivity index (χ2n) is 5.00. The summed E-state index contributed by atoms with van der Waals surface area (Å²) in [5, 5.41) is 8.94. The SMILES string of the molecule is CCN(CCC(C)(N)C(=O)O)CC1CCCO1. The average Bonchev–Trinajstić information content (AvgIpc) is 2.76. The van der Waals surface area contributed by atoms with Crippen molar-refractivity contribution in [2.75, 3.05) is 26.2 Å². The topological polar surface area (TPSA) is 75.8 Å². The van der Waals surface area contributed by atoms with Crippen molar-refractivity contribution >= 4 is 5.97 Å². The van der Waals surface area contributed by atoms with Crippen LogP contribution in [0.3, 0.4) is 0 Å². The van der Waals surface area contributed by atoms with E-state index in [1.54, 1.807) is 6.92 Å². The third-order valence-corrected chi connectivity index (χ3v) is 3.37. The van der Waals surface area contributed by atoms with Gasteiger partial charge in [0.05, 0.1) is 6.10 Å². The van der Waals surface area contributed by atoms with Crippen molar-refractivity contribution in [3.8, 4) is 0 Å². The van der Waals surface area contributed by atoms with E-state index >= 15 is 0 Å². The smallest absolute Gasteiger partial charge is 0.323 e. The second-order valence-corrected chi connectivity index (χ2v) is 5.00. The molecule has 0 aromatic rings. The van der Waals surface area contributed by atoms with E-state index in [-0.39, 0.29) is 0 Å². The van der Waals surface area contributed by atoms with Crippen molar-refractivity contribution in [2.45, 2.75) is 44.8 Å². The van der Waals surface area contributed by atoms with Gasteiger partial charge in [-0.1, -0.05) is 6.92 Å². The summed E-state index contributed by atoms with van der Waals surface area (Å²) in [5.74, 6) is -0.939. The van der Waals surface area contributed by atoms with Crippen LogP contribution in [-0.4, -0.2) is 53.9 Å². The minimum Gasteiger partial charge on any atom is -0.480 e. The number of nitrogens with two attached hydrogens (primary N) is 1. The highest BCUT2D eigenvalue weighted by atomic mass is 16.5. The molecule has 5 nitrogen and oxygen atoms in total. The molecule has 3 N–H and O–H groups in total. The number of carbonyl (C=O) groups is 1. The normalized spacial score (nSPS) is 23.9. The Labute approximate surface area is 103 Å². The van der Waals surface area contributed by atoms with Crippen molar-refractivity contribution in [1.82, 2.24) is 4.90 Å². The van der Waals surface area contributed by atoms with Crippen LogP contribution in [0, 0.1) is 0 Å². The van der Waals surface area contributed by atoms with E-state index in [0.29, 0.717) is 19.1 Å². The molecular formula is C12H24N2O3. The van der Waals surface area contributed by atoms with E-state index in [0.717, 1.165) is 32.5 Å². The number of carboxylic acids is 1. The van der Waals surface area contributed by atoms with E-state index in [9.17, 15) is 4.79 Å². The molecule has 0 aliphatic carbocycles. The van der Waals surface area contributed by atoms with Gasteiger partial charge in [0.2, 0.25) is 0 Å². The molecule has 2 unspecified atom stereocenters. The second kappa shape index (κ2) is 6.33. The lowest BCUT2D eigenvalue weighted by Crippen LogP contribution is -2.48. The van der Waals surface area contributed by atoms with Crippen LogP contribution >= 0.6 is 0 Å². The molecule has 5 heteroatoms. The van der Waals surface area contributed by atoms with E-state index < -0.39 is 11.5 Å².